The van der Waals surface area contributed by atoms with Crippen LogP contribution in [0.15, 0.2) is 34.2 Å². The van der Waals surface area contributed by atoms with Gasteiger partial charge < -0.3 is 9.84 Å². The molecule has 1 aromatic rings. The van der Waals surface area contributed by atoms with Gasteiger partial charge in [-0.2, -0.15) is 11.3 Å². The second kappa shape index (κ2) is 6.49. The van der Waals surface area contributed by atoms with Crippen molar-refractivity contribution < 1.29 is 24.2 Å². The summed E-state index contributed by atoms with van der Waals surface area (Å²) in [6.45, 7) is 1.48. The maximum atomic E-state index is 11.8. The van der Waals surface area contributed by atoms with Crippen LogP contribution in [0, 0.1) is 5.92 Å². The molecule has 6 heteroatoms. The molecule has 0 amide bonds. The number of esters is 1. The van der Waals surface area contributed by atoms with Gasteiger partial charge in [-0.1, -0.05) is 6.92 Å². The molecule has 5 nitrogen and oxygen atoms in total. The highest BCUT2D eigenvalue weighted by molar-refractivity contribution is 7.08. The smallest absolute Gasteiger partial charge is 0.314 e. The van der Waals surface area contributed by atoms with Gasteiger partial charge in [-0.25, -0.2) is 0 Å². The summed E-state index contributed by atoms with van der Waals surface area (Å²) in [7, 11) is 0. The van der Waals surface area contributed by atoms with Crippen molar-refractivity contribution in [2.75, 3.05) is 0 Å². The van der Waals surface area contributed by atoms with Crippen LogP contribution in [-0.2, 0) is 19.1 Å². The lowest BCUT2D eigenvalue weighted by Crippen LogP contribution is -2.18. The highest BCUT2D eigenvalue weighted by Crippen LogP contribution is 2.27. The monoisotopic (exact) mass is 306 g/mol. The van der Waals surface area contributed by atoms with Crippen LogP contribution in [-0.4, -0.2) is 22.8 Å². The molecule has 1 unspecified atom stereocenters. The van der Waals surface area contributed by atoms with Gasteiger partial charge in [-0.05, 0) is 34.5 Å². The summed E-state index contributed by atoms with van der Waals surface area (Å²) >= 11 is 1.50. The Hall–Kier alpha value is -2.21. The molecular weight excluding hydrogens is 292 g/mol. The highest BCUT2D eigenvalue weighted by Gasteiger charge is 2.26. The number of rotatable bonds is 5. The van der Waals surface area contributed by atoms with Crippen molar-refractivity contribution in [3.8, 4) is 0 Å². The molecule has 0 spiro atoms. The molecule has 2 rings (SSSR count). The minimum Gasteiger partial charge on any atom is -0.481 e. The number of carbonyl (C=O) groups is 3. The third-order valence-corrected chi connectivity index (χ3v) is 3.69. The number of carbonyl (C=O) groups excluding carboxylic acids is 2. The third-order valence-electron chi connectivity index (χ3n) is 2.99. The Kier molecular flexibility index (Phi) is 4.70. The van der Waals surface area contributed by atoms with E-state index in [9.17, 15) is 14.4 Å². The normalized spacial score (nSPS) is 17.7. The van der Waals surface area contributed by atoms with Gasteiger partial charge in [0.2, 0.25) is 0 Å². The Balaban J connectivity index is 2.10. The molecule has 0 saturated heterocycles. The van der Waals surface area contributed by atoms with Crippen LogP contribution in [0.25, 0.3) is 6.08 Å². The number of thiophene rings is 1. The number of ketones is 1. The van der Waals surface area contributed by atoms with Gasteiger partial charge in [0.25, 0.3) is 0 Å². The van der Waals surface area contributed by atoms with E-state index in [0.29, 0.717) is 5.57 Å². The number of hydrogen-bond acceptors (Lipinski definition) is 5. The van der Waals surface area contributed by atoms with Crippen molar-refractivity contribution in [1.82, 2.24) is 0 Å². The third kappa shape index (κ3) is 3.88. The van der Waals surface area contributed by atoms with Crippen LogP contribution >= 0.6 is 11.3 Å². The topological polar surface area (TPSA) is 80.7 Å². The Labute approximate surface area is 125 Å². The zero-order chi connectivity index (χ0) is 15.4. The molecule has 110 valence electrons. The predicted molar refractivity (Wildman–Crippen MR) is 77.5 cm³/mol. The van der Waals surface area contributed by atoms with Crippen molar-refractivity contribution in [1.29, 1.82) is 0 Å². The zero-order valence-electron chi connectivity index (χ0n) is 11.4. The Bertz CT molecular complexity index is 624. The maximum Gasteiger partial charge on any atom is 0.314 e. The first-order valence-electron chi connectivity index (χ1n) is 6.38. The molecule has 1 heterocycles. The van der Waals surface area contributed by atoms with Gasteiger partial charge in [0, 0.05) is 6.42 Å². The lowest BCUT2D eigenvalue weighted by Gasteiger charge is -2.10. The first kappa shape index (κ1) is 15.2. The molecule has 0 fully saturated rings. The Morgan fingerprint density at radius 1 is 1.52 bits per heavy atom. The van der Waals surface area contributed by atoms with Crippen molar-refractivity contribution in [3.05, 3.63) is 39.8 Å². The van der Waals surface area contributed by atoms with E-state index in [4.69, 9.17) is 9.84 Å². The minimum absolute atomic E-state index is 0.116. The summed E-state index contributed by atoms with van der Waals surface area (Å²) in [4.78, 5) is 34.3. The molecule has 1 atom stereocenters. The van der Waals surface area contributed by atoms with Crippen LogP contribution in [0.4, 0.5) is 0 Å². The van der Waals surface area contributed by atoms with Crippen LogP contribution < -0.4 is 0 Å². The number of ether oxygens (including phenoxy) is 1. The molecule has 0 radical (unpaired) electrons. The average Bonchev–Trinajstić information content (AvgIpc) is 3.03. The molecule has 1 aliphatic rings. The summed E-state index contributed by atoms with van der Waals surface area (Å²) < 4.78 is 5.18. The summed E-state index contributed by atoms with van der Waals surface area (Å²) in [5, 5.41) is 12.4. The van der Waals surface area contributed by atoms with Crippen LogP contribution in [0.1, 0.15) is 25.3 Å². The van der Waals surface area contributed by atoms with Crippen LogP contribution in [0.5, 0.6) is 0 Å². The number of aliphatic carboxylic acids is 1. The molecule has 0 bridgehead atoms. The van der Waals surface area contributed by atoms with E-state index >= 15 is 0 Å². The van der Waals surface area contributed by atoms with E-state index in [1.54, 1.807) is 12.2 Å². The second-order valence-corrected chi connectivity index (χ2v) is 5.51. The number of carboxylic acid groups (broad SMARTS) is 1. The quantitative estimate of drug-likeness (QED) is 0.668. The lowest BCUT2D eigenvalue weighted by atomic mass is 10.1. The van der Waals surface area contributed by atoms with Crippen molar-refractivity contribution >= 4 is 35.1 Å². The van der Waals surface area contributed by atoms with Gasteiger partial charge in [-0.3, -0.25) is 14.4 Å². The summed E-state index contributed by atoms with van der Waals surface area (Å²) in [5.74, 6) is -2.37. The zero-order valence-corrected chi connectivity index (χ0v) is 12.2. The van der Waals surface area contributed by atoms with Gasteiger partial charge in [0.05, 0.1) is 17.9 Å². The van der Waals surface area contributed by atoms with Gasteiger partial charge >= 0.3 is 11.9 Å². The van der Waals surface area contributed by atoms with Gasteiger partial charge in [0.15, 0.2) is 5.78 Å². The first-order chi connectivity index (χ1) is 9.97. The molecule has 0 aliphatic heterocycles. The van der Waals surface area contributed by atoms with Gasteiger partial charge in [0.1, 0.15) is 5.76 Å². The SMILES string of the molecule is CC(CC(=O)O)C(=O)OC1=CCC(=O)C1=Cc1ccsc1. The van der Waals surface area contributed by atoms with E-state index in [-0.39, 0.29) is 24.4 Å². The van der Waals surface area contributed by atoms with E-state index in [0.717, 1.165) is 5.56 Å². The summed E-state index contributed by atoms with van der Waals surface area (Å²) in [6.07, 6.45) is 3.11. The van der Waals surface area contributed by atoms with Crippen molar-refractivity contribution in [2.24, 2.45) is 5.92 Å². The lowest BCUT2D eigenvalue weighted by molar-refractivity contribution is -0.149. The fourth-order valence-electron chi connectivity index (χ4n) is 1.87. The predicted octanol–water partition coefficient (Wildman–Crippen LogP) is 2.64. The first-order valence-corrected chi connectivity index (χ1v) is 7.32. The van der Waals surface area contributed by atoms with E-state index in [1.165, 1.54) is 18.3 Å². The van der Waals surface area contributed by atoms with Crippen molar-refractivity contribution in [3.63, 3.8) is 0 Å². The number of Topliss-reactive ketones (excluding diaryl/α,β-unsaturated/α-hetero) is 1. The molecule has 21 heavy (non-hydrogen) atoms. The maximum absolute atomic E-state index is 11.8. The Morgan fingerprint density at radius 3 is 2.90 bits per heavy atom. The van der Waals surface area contributed by atoms with E-state index in [2.05, 4.69) is 0 Å². The van der Waals surface area contributed by atoms with Gasteiger partial charge in [-0.15, -0.1) is 0 Å². The fourth-order valence-corrected chi connectivity index (χ4v) is 2.49. The van der Waals surface area contributed by atoms with Crippen LogP contribution in [0.2, 0.25) is 0 Å². The molecular formula is C15H14O5S. The summed E-state index contributed by atoms with van der Waals surface area (Å²) in [6, 6.07) is 1.86. The molecule has 1 aromatic heterocycles. The van der Waals surface area contributed by atoms with E-state index < -0.39 is 17.9 Å². The molecule has 0 aromatic carbocycles. The number of hydrogen-bond donors (Lipinski definition) is 1. The Morgan fingerprint density at radius 2 is 2.29 bits per heavy atom. The standard InChI is InChI=1S/C15H14O5S/c1-9(6-14(17)18)15(19)20-13-3-2-12(16)11(13)7-10-4-5-21-8-10/h3-5,7-9H,2,6H2,1H3,(H,17,18). The number of allylic oxidation sites excluding steroid dienone is 2. The van der Waals surface area contributed by atoms with E-state index in [1.807, 2.05) is 16.8 Å². The average molecular weight is 306 g/mol. The largest absolute Gasteiger partial charge is 0.481 e. The van der Waals surface area contributed by atoms with Crippen LogP contribution in [0.3, 0.4) is 0 Å². The fraction of sp³-hybridized carbons (Fsp3) is 0.267. The molecule has 0 saturated carbocycles. The highest BCUT2D eigenvalue weighted by atomic mass is 32.1. The summed E-state index contributed by atoms with van der Waals surface area (Å²) in [5.41, 5.74) is 1.22. The number of carboxylic acids is 1. The minimum atomic E-state index is -1.06. The van der Waals surface area contributed by atoms with Crippen molar-refractivity contribution in [2.45, 2.75) is 19.8 Å². The molecule has 1 aliphatic carbocycles. The molecule has 1 N–H and O–H groups in total. The second-order valence-electron chi connectivity index (χ2n) is 4.73.